The highest BCUT2D eigenvalue weighted by atomic mass is 79.9. The van der Waals surface area contributed by atoms with Gasteiger partial charge in [0.2, 0.25) is 0 Å². The molecule has 0 atom stereocenters. The summed E-state index contributed by atoms with van der Waals surface area (Å²) in [6.07, 6.45) is 5.74. The highest BCUT2D eigenvalue weighted by Gasteiger charge is 2.19. The van der Waals surface area contributed by atoms with Gasteiger partial charge < -0.3 is 0 Å². The molecule has 0 bridgehead atoms. The van der Waals surface area contributed by atoms with Gasteiger partial charge in [-0.3, -0.25) is 4.79 Å². The Kier molecular flexibility index (Phi) is 4.20. The number of hydrogen-bond donors (Lipinski definition) is 0. The van der Waals surface area contributed by atoms with Gasteiger partial charge in [0.1, 0.15) is 0 Å². The summed E-state index contributed by atoms with van der Waals surface area (Å²) in [4.78, 5) is 12.1. The van der Waals surface area contributed by atoms with E-state index in [0.717, 1.165) is 14.5 Å². The van der Waals surface area contributed by atoms with E-state index >= 15 is 0 Å². The van der Waals surface area contributed by atoms with E-state index in [9.17, 15) is 4.79 Å². The molecule has 0 unspecified atom stereocenters. The molecule has 1 aliphatic carbocycles. The second kappa shape index (κ2) is 5.46. The zero-order chi connectivity index (χ0) is 11.5. The molecule has 0 aliphatic heterocycles. The fourth-order valence-corrected chi connectivity index (χ4v) is 3.60. The van der Waals surface area contributed by atoms with E-state index in [-0.39, 0.29) is 5.78 Å². The van der Waals surface area contributed by atoms with Crippen molar-refractivity contribution in [2.24, 2.45) is 5.92 Å². The highest BCUT2D eigenvalue weighted by Crippen LogP contribution is 2.29. The molecule has 1 aromatic carbocycles. The van der Waals surface area contributed by atoms with Crippen molar-refractivity contribution in [2.75, 3.05) is 0 Å². The molecular formula is C13H14Br2O. The van der Waals surface area contributed by atoms with Crippen LogP contribution in [0.25, 0.3) is 0 Å². The maximum Gasteiger partial charge on any atom is 0.163 e. The number of Topliss-reactive ketones (excluding diaryl/α,β-unsaturated/α-hetero) is 1. The molecule has 16 heavy (non-hydrogen) atoms. The van der Waals surface area contributed by atoms with Crippen molar-refractivity contribution < 1.29 is 4.79 Å². The second-order valence-corrected chi connectivity index (χ2v) is 6.27. The van der Waals surface area contributed by atoms with Crippen molar-refractivity contribution in [2.45, 2.75) is 32.1 Å². The molecule has 0 spiro atoms. The third-order valence-corrected chi connectivity index (χ3v) is 4.05. The number of benzene rings is 1. The Morgan fingerprint density at radius 2 is 1.69 bits per heavy atom. The molecular weight excluding hydrogens is 332 g/mol. The monoisotopic (exact) mass is 344 g/mol. The van der Waals surface area contributed by atoms with E-state index in [2.05, 4.69) is 31.9 Å². The first-order valence-electron chi connectivity index (χ1n) is 5.64. The van der Waals surface area contributed by atoms with Crippen molar-refractivity contribution in [1.82, 2.24) is 0 Å². The van der Waals surface area contributed by atoms with Crippen molar-refractivity contribution in [3.63, 3.8) is 0 Å². The average Bonchev–Trinajstić information content (AvgIpc) is 2.68. The van der Waals surface area contributed by atoms with E-state index in [1.165, 1.54) is 25.7 Å². The summed E-state index contributed by atoms with van der Waals surface area (Å²) in [5.74, 6) is 0.888. The van der Waals surface area contributed by atoms with Crippen LogP contribution in [-0.2, 0) is 0 Å². The van der Waals surface area contributed by atoms with Crippen LogP contribution < -0.4 is 0 Å². The molecule has 3 heteroatoms. The molecule has 1 aromatic rings. The molecule has 1 nitrogen and oxygen atoms in total. The van der Waals surface area contributed by atoms with Gasteiger partial charge >= 0.3 is 0 Å². The van der Waals surface area contributed by atoms with E-state index in [0.29, 0.717) is 12.3 Å². The Morgan fingerprint density at radius 3 is 2.25 bits per heavy atom. The van der Waals surface area contributed by atoms with Crippen LogP contribution in [-0.4, -0.2) is 5.78 Å². The molecule has 0 saturated heterocycles. The fourth-order valence-electron chi connectivity index (χ4n) is 2.31. The second-order valence-electron chi connectivity index (χ2n) is 4.44. The van der Waals surface area contributed by atoms with Crippen LogP contribution in [0.15, 0.2) is 27.1 Å². The lowest BCUT2D eigenvalue weighted by molar-refractivity contribution is 0.0962. The highest BCUT2D eigenvalue weighted by molar-refractivity contribution is 9.11. The Hall–Kier alpha value is -0.150. The van der Waals surface area contributed by atoms with Gasteiger partial charge in [0.15, 0.2) is 5.78 Å². The summed E-state index contributed by atoms with van der Waals surface area (Å²) in [6, 6.07) is 5.76. The zero-order valence-corrected chi connectivity index (χ0v) is 12.2. The smallest absolute Gasteiger partial charge is 0.163 e. The molecule has 0 N–H and O–H groups in total. The molecule has 2 rings (SSSR count). The molecule has 0 heterocycles. The summed E-state index contributed by atoms with van der Waals surface area (Å²) < 4.78 is 1.91. The number of carbonyl (C=O) groups excluding carboxylic acids is 1. The zero-order valence-electron chi connectivity index (χ0n) is 9.01. The predicted molar refractivity (Wildman–Crippen MR) is 72.7 cm³/mol. The lowest BCUT2D eigenvalue weighted by atomic mass is 9.97. The topological polar surface area (TPSA) is 17.1 Å². The summed E-state index contributed by atoms with van der Waals surface area (Å²) in [5.41, 5.74) is 0.813. The van der Waals surface area contributed by atoms with Crippen molar-refractivity contribution in [3.05, 3.63) is 32.7 Å². The first kappa shape index (κ1) is 12.3. The molecule has 1 saturated carbocycles. The standard InChI is InChI=1S/C13H14Br2O/c14-11-6-10(7-12(15)8-11)13(16)5-9-3-1-2-4-9/h6-9H,1-5H2. The Bertz CT molecular complexity index is 375. The van der Waals surface area contributed by atoms with E-state index in [1.54, 1.807) is 0 Å². The van der Waals surface area contributed by atoms with Crippen LogP contribution in [0.1, 0.15) is 42.5 Å². The quantitative estimate of drug-likeness (QED) is 0.706. The van der Waals surface area contributed by atoms with Crippen LogP contribution in [0, 0.1) is 5.92 Å². The molecule has 0 aromatic heterocycles. The van der Waals surface area contributed by atoms with Crippen molar-refractivity contribution in [1.29, 1.82) is 0 Å². The van der Waals surface area contributed by atoms with Gasteiger partial charge in [-0.25, -0.2) is 0 Å². The Balaban J connectivity index is 2.07. The van der Waals surface area contributed by atoms with Crippen LogP contribution in [0.5, 0.6) is 0 Å². The van der Waals surface area contributed by atoms with Gasteiger partial charge in [-0.1, -0.05) is 57.5 Å². The van der Waals surface area contributed by atoms with Gasteiger partial charge in [0.25, 0.3) is 0 Å². The minimum Gasteiger partial charge on any atom is -0.294 e. The van der Waals surface area contributed by atoms with Crippen LogP contribution >= 0.6 is 31.9 Å². The SMILES string of the molecule is O=C(CC1CCCC1)c1cc(Br)cc(Br)c1. The van der Waals surface area contributed by atoms with Crippen molar-refractivity contribution in [3.8, 4) is 0 Å². The first-order valence-corrected chi connectivity index (χ1v) is 7.23. The van der Waals surface area contributed by atoms with Crippen molar-refractivity contribution >= 4 is 37.6 Å². The third kappa shape index (κ3) is 3.17. The minimum atomic E-state index is 0.272. The number of carbonyl (C=O) groups is 1. The lowest BCUT2D eigenvalue weighted by Gasteiger charge is -2.08. The van der Waals surface area contributed by atoms with E-state index in [4.69, 9.17) is 0 Å². The maximum absolute atomic E-state index is 12.1. The first-order chi connectivity index (χ1) is 7.65. The molecule has 1 fully saturated rings. The Morgan fingerprint density at radius 1 is 1.12 bits per heavy atom. The normalized spacial score (nSPS) is 16.6. The third-order valence-electron chi connectivity index (χ3n) is 3.13. The average molecular weight is 346 g/mol. The maximum atomic E-state index is 12.1. The van der Waals surface area contributed by atoms with E-state index < -0.39 is 0 Å². The molecule has 0 radical (unpaired) electrons. The van der Waals surface area contributed by atoms with Crippen LogP contribution in [0.2, 0.25) is 0 Å². The van der Waals surface area contributed by atoms with Crippen LogP contribution in [0.4, 0.5) is 0 Å². The molecule has 86 valence electrons. The van der Waals surface area contributed by atoms with Gasteiger partial charge in [-0.05, 0) is 24.1 Å². The summed E-state index contributed by atoms with van der Waals surface area (Å²) in [6.45, 7) is 0. The van der Waals surface area contributed by atoms with Gasteiger partial charge in [-0.15, -0.1) is 0 Å². The molecule has 1 aliphatic rings. The van der Waals surface area contributed by atoms with Crippen LogP contribution in [0.3, 0.4) is 0 Å². The van der Waals surface area contributed by atoms with E-state index in [1.807, 2.05) is 18.2 Å². The largest absolute Gasteiger partial charge is 0.294 e. The fraction of sp³-hybridized carbons (Fsp3) is 0.462. The van der Waals surface area contributed by atoms with Gasteiger partial charge in [0.05, 0.1) is 0 Å². The Labute approximate surface area is 113 Å². The number of rotatable bonds is 3. The summed E-state index contributed by atoms with van der Waals surface area (Å²) >= 11 is 6.82. The van der Waals surface area contributed by atoms with Gasteiger partial charge in [0, 0.05) is 20.9 Å². The number of hydrogen-bond acceptors (Lipinski definition) is 1. The molecule has 0 amide bonds. The number of ketones is 1. The summed E-state index contributed by atoms with van der Waals surface area (Å²) in [7, 11) is 0. The summed E-state index contributed by atoms with van der Waals surface area (Å²) in [5, 5.41) is 0. The van der Waals surface area contributed by atoms with Gasteiger partial charge in [-0.2, -0.15) is 0 Å². The number of halogens is 2. The predicted octanol–water partition coefficient (Wildman–Crippen LogP) is 4.97. The minimum absolute atomic E-state index is 0.272. The lowest BCUT2D eigenvalue weighted by Crippen LogP contribution is -2.05.